The molecule has 8 nitrogen and oxygen atoms in total. The molecule has 0 saturated heterocycles. The predicted molar refractivity (Wildman–Crippen MR) is 107 cm³/mol. The summed E-state index contributed by atoms with van der Waals surface area (Å²) in [6, 6.07) is 9.70. The number of hydrogen-bond acceptors (Lipinski definition) is 7. The van der Waals surface area contributed by atoms with Crippen LogP contribution in [-0.4, -0.2) is 34.0 Å². The van der Waals surface area contributed by atoms with Crippen LogP contribution in [0.3, 0.4) is 0 Å². The number of rotatable bonds is 5. The third kappa shape index (κ3) is 4.04. The Labute approximate surface area is 161 Å². The highest BCUT2D eigenvalue weighted by Crippen LogP contribution is 2.34. The minimum Gasteiger partial charge on any atom is -0.326 e. The van der Waals surface area contributed by atoms with Crippen LogP contribution in [0.1, 0.15) is 12.6 Å². The van der Waals surface area contributed by atoms with Gasteiger partial charge in [0.1, 0.15) is 6.54 Å². The molecular formula is C18H19N7OS+. The summed E-state index contributed by atoms with van der Waals surface area (Å²) < 4.78 is 0. The van der Waals surface area contributed by atoms with Crippen LogP contribution in [0.4, 0.5) is 11.5 Å². The number of H-pyrrole nitrogens is 1. The van der Waals surface area contributed by atoms with Crippen molar-refractivity contribution in [2.75, 3.05) is 17.3 Å². The molecule has 2 aromatic rings. The number of aromatic amines is 1. The molecule has 0 spiro atoms. The quantitative estimate of drug-likeness (QED) is 0.693. The number of fused-ring (bicyclic) bond motifs is 1. The summed E-state index contributed by atoms with van der Waals surface area (Å²) in [5, 5.41) is 12.9. The number of aryl methyl sites for hydroxylation is 1. The summed E-state index contributed by atoms with van der Waals surface area (Å²) in [6.07, 6.45) is 5.71. The Morgan fingerprint density at radius 3 is 2.85 bits per heavy atom. The van der Waals surface area contributed by atoms with E-state index in [0.717, 1.165) is 32.8 Å². The highest BCUT2D eigenvalue weighted by molar-refractivity contribution is 8.03. The zero-order chi connectivity index (χ0) is 18.8. The monoisotopic (exact) mass is 381 g/mol. The number of nitrogens with zero attached hydrogens (tertiary/aromatic N) is 4. The van der Waals surface area contributed by atoms with E-state index < -0.39 is 0 Å². The predicted octanol–water partition coefficient (Wildman–Crippen LogP) is 2.93. The Hall–Kier alpha value is -3.04. The summed E-state index contributed by atoms with van der Waals surface area (Å²) in [7, 11) is 0. The number of aromatic nitrogens is 2. The fraction of sp³-hybridized carbons (Fsp3) is 0.167. The Kier molecular flexibility index (Phi) is 4.69. The smallest absolute Gasteiger partial charge is 0.250 e. The first-order valence-electron chi connectivity index (χ1n) is 8.41. The van der Waals surface area contributed by atoms with Crippen molar-refractivity contribution in [2.24, 2.45) is 4.99 Å². The minimum atomic E-state index is -0.0798. The van der Waals surface area contributed by atoms with E-state index in [4.69, 9.17) is 0 Å². The molecule has 3 heterocycles. The Morgan fingerprint density at radius 2 is 2.15 bits per heavy atom. The summed E-state index contributed by atoms with van der Waals surface area (Å²) >= 11 is 1.62. The summed E-state index contributed by atoms with van der Waals surface area (Å²) in [5.41, 5.74) is 6.15. The van der Waals surface area contributed by atoms with E-state index in [0.29, 0.717) is 6.54 Å². The summed E-state index contributed by atoms with van der Waals surface area (Å²) in [5.74, 6) is 0.685. The van der Waals surface area contributed by atoms with Crippen LogP contribution in [-0.2, 0) is 4.79 Å². The molecule has 4 rings (SSSR count). The number of anilines is 2. The molecule has 27 heavy (non-hydrogen) atoms. The van der Waals surface area contributed by atoms with Crippen LogP contribution in [0.25, 0.3) is 0 Å². The molecule has 2 aliphatic heterocycles. The third-order valence-electron chi connectivity index (χ3n) is 3.91. The largest absolute Gasteiger partial charge is 0.326 e. The van der Waals surface area contributed by atoms with E-state index in [1.807, 2.05) is 61.0 Å². The number of benzene rings is 1. The van der Waals surface area contributed by atoms with Gasteiger partial charge in [-0.1, -0.05) is 0 Å². The molecule has 1 radical (unpaired) electrons. The summed E-state index contributed by atoms with van der Waals surface area (Å²) in [4.78, 5) is 18.6. The lowest BCUT2D eigenvalue weighted by Gasteiger charge is -2.25. The maximum atomic E-state index is 11.2. The molecule has 1 aromatic carbocycles. The van der Waals surface area contributed by atoms with Gasteiger partial charge in [-0.15, -0.1) is 0 Å². The number of amides is 1. The molecule has 0 saturated carbocycles. The Morgan fingerprint density at radius 1 is 1.33 bits per heavy atom. The standard InChI is InChI=1S/C18H19N7OS/c1-12-7-17(22-21-12)23-24-9-15-8-19-11-25(15)18(10-24)27-16-5-3-14(4-6-16)20-13(2)26/h3-8,10-11H,9H2,1-2H3,(H,20,26)(H2,21,22,23)/q+1. The van der Waals surface area contributed by atoms with Crippen molar-refractivity contribution in [3.63, 3.8) is 0 Å². The average Bonchev–Trinajstić information content (AvgIpc) is 3.25. The molecule has 0 bridgehead atoms. The Balaban J connectivity index is 1.52. The van der Waals surface area contributed by atoms with E-state index in [9.17, 15) is 4.79 Å². The summed E-state index contributed by atoms with van der Waals surface area (Å²) in [6.45, 7) is 4.14. The van der Waals surface area contributed by atoms with Crippen LogP contribution in [0.2, 0.25) is 0 Å². The molecule has 3 N–H and O–H groups in total. The molecule has 0 atom stereocenters. The zero-order valence-corrected chi connectivity index (χ0v) is 15.7. The molecule has 9 heteroatoms. The van der Waals surface area contributed by atoms with Crippen LogP contribution in [0.15, 0.2) is 63.3 Å². The lowest BCUT2D eigenvalue weighted by molar-refractivity contribution is -0.114. The van der Waals surface area contributed by atoms with Gasteiger partial charge in [-0.05, 0) is 47.9 Å². The van der Waals surface area contributed by atoms with Gasteiger partial charge in [0, 0.05) is 29.3 Å². The molecule has 0 unspecified atom stereocenters. The van der Waals surface area contributed by atoms with Crippen molar-refractivity contribution in [3.05, 3.63) is 59.2 Å². The first-order chi connectivity index (χ1) is 13.1. The highest BCUT2D eigenvalue weighted by atomic mass is 32.2. The second-order valence-corrected chi connectivity index (χ2v) is 7.30. The van der Waals surface area contributed by atoms with Crippen molar-refractivity contribution in [2.45, 2.75) is 18.7 Å². The second-order valence-electron chi connectivity index (χ2n) is 6.21. The van der Waals surface area contributed by atoms with Crippen molar-refractivity contribution in [1.29, 1.82) is 0 Å². The number of carbonyl (C=O) groups excluding carboxylic acids is 1. The molecule has 0 aliphatic carbocycles. The second kappa shape index (κ2) is 7.29. The normalized spacial score (nSPS) is 16.0. The lowest BCUT2D eigenvalue weighted by Crippen LogP contribution is -2.39. The number of hydrazine groups is 1. The van der Waals surface area contributed by atoms with E-state index >= 15 is 0 Å². The molecule has 1 aromatic heterocycles. The van der Waals surface area contributed by atoms with E-state index in [-0.39, 0.29) is 5.91 Å². The van der Waals surface area contributed by atoms with Crippen molar-refractivity contribution < 1.29 is 4.79 Å². The number of hydrogen-bond donors (Lipinski definition) is 3. The van der Waals surface area contributed by atoms with Gasteiger partial charge in [0.15, 0.2) is 5.82 Å². The highest BCUT2D eigenvalue weighted by Gasteiger charge is 2.36. The first kappa shape index (κ1) is 17.4. The number of thioether (sulfide) groups is 1. The lowest BCUT2D eigenvalue weighted by atomic mass is 10.3. The van der Waals surface area contributed by atoms with Crippen LogP contribution in [0, 0.1) is 6.92 Å². The Bertz CT molecular complexity index is 945. The van der Waals surface area contributed by atoms with Crippen molar-refractivity contribution >= 4 is 35.5 Å². The first-order valence-corrected chi connectivity index (χ1v) is 9.23. The zero-order valence-electron chi connectivity index (χ0n) is 14.9. The van der Waals surface area contributed by atoms with E-state index in [2.05, 4.69) is 30.8 Å². The minimum absolute atomic E-state index is 0.0798. The van der Waals surface area contributed by atoms with Crippen molar-refractivity contribution in [3.8, 4) is 0 Å². The van der Waals surface area contributed by atoms with Gasteiger partial charge in [-0.2, -0.15) is 5.10 Å². The SMILES string of the molecule is CC(=O)Nc1ccc(SC2=CN(Nc3cc(C)[nH]n3)CC3=CN=C[N+]32)cc1. The molecule has 2 aliphatic rings. The van der Waals surface area contributed by atoms with Gasteiger partial charge >= 0.3 is 0 Å². The molecule has 0 fully saturated rings. The molecule has 137 valence electrons. The van der Waals surface area contributed by atoms with Gasteiger partial charge in [0.05, 0.1) is 12.4 Å². The van der Waals surface area contributed by atoms with Gasteiger partial charge in [-0.25, -0.2) is 4.99 Å². The van der Waals surface area contributed by atoms with Gasteiger partial charge < -0.3 is 5.32 Å². The third-order valence-corrected chi connectivity index (χ3v) is 4.93. The van der Waals surface area contributed by atoms with Crippen LogP contribution < -0.4 is 15.6 Å². The maximum absolute atomic E-state index is 11.2. The number of carbonyl (C=O) groups is 1. The number of nitrogens with one attached hydrogen (secondary N) is 3. The van der Waals surface area contributed by atoms with Gasteiger partial charge in [0.2, 0.25) is 16.6 Å². The van der Waals surface area contributed by atoms with E-state index in [1.165, 1.54) is 6.92 Å². The molecular weight excluding hydrogens is 362 g/mol. The van der Waals surface area contributed by atoms with Crippen LogP contribution in [0.5, 0.6) is 0 Å². The number of aliphatic imine (C=N–C) groups is 1. The van der Waals surface area contributed by atoms with E-state index in [1.54, 1.807) is 11.8 Å². The average molecular weight is 381 g/mol. The fourth-order valence-corrected chi connectivity index (χ4v) is 3.71. The van der Waals surface area contributed by atoms with Gasteiger partial charge in [-0.3, -0.25) is 20.3 Å². The van der Waals surface area contributed by atoms with Crippen molar-refractivity contribution in [1.82, 2.24) is 20.1 Å². The fourth-order valence-electron chi connectivity index (χ4n) is 2.75. The maximum Gasteiger partial charge on any atom is 0.250 e. The van der Waals surface area contributed by atoms with Gasteiger partial charge in [0.25, 0.3) is 6.34 Å². The molecule has 1 amide bonds. The topological polar surface area (TPSA) is 91.3 Å². The van der Waals surface area contributed by atoms with Crippen LogP contribution >= 0.6 is 11.8 Å².